The number of hydrogen-bond acceptors (Lipinski definition) is 7. The maximum Gasteiger partial charge on any atom is 0.279 e. The fourth-order valence-electron chi connectivity index (χ4n) is 1.95. The minimum Gasteiger partial charge on any atom is -0.371 e. The van der Waals surface area contributed by atoms with E-state index < -0.39 is 0 Å². The summed E-state index contributed by atoms with van der Waals surface area (Å²) in [7, 11) is 0. The molecule has 23 heavy (non-hydrogen) atoms. The van der Waals surface area contributed by atoms with Gasteiger partial charge in [0.2, 0.25) is 0 Å². The van der Waals surface area contributed by atoms with Crippen LogP contribution in [0.2, 0.25) is 0 Å². The van der Waals surface area contributed by atoms with Crippen molar-refractivity contribution in [3.63, 3.8) is 0 Å². The van der Waals surface area contributed by atoms with Gasteiger partial charge in [0.25, 0.3) is 5.91 Å². The van der Waals surface area contributed by atoms with E-state index in [0.717, 1.165) is 21.3 Å². The molecule has 0 fully saturated rings. The maximum absolute atomic E-state index is 12.4. The van der Waals surface area contributed by atoms with Crippen LogP contribution < -0.4 is 10.6 Å². The monoisotopic (exact) mass is 345 g/mol. The molecular weight excluding hydrogens is 330 g/mol. The highest BCUT2D eigenvalue weighted by molar-refractivity contribution is 7.16. The van der Waals surface area contributed by atoms with Gasteiger partial charge in [0, 0.05) is 24.3 Å². The number of hydrogen-bond donors (Lipinski definition) is 2. The molecule has 3 aromatic heterocycles. The zero-order chi connectivity index (χ0) is 16.2. The molecule has 3 rings (SSSR count). The summed E-state index contributed by atoms with van der Waals surface area (Å²) in [6, 6.07) is 3.86. The highest BCUT2D eigenvalue weighted by Crippen LogP contribution is 2.26. The molecule has 8 heteroatoms. The van der Waals surface area contributed by atoms with Crippen molar-refractivity contribution in [1.29, 1.82) is 0 Å². The molecule has 3 heterocycles. The van der Waals surface area contributed by atoms with Crippen molar-refractivity contribution in [2.45, 2.75) is 20.4 Å². The Morgan fingerprint density at radius 3 is 2.87 bits per heavy atom. The predicted molar refractivity (Wildman–Crippen MR) is 93.2 cm³/mol. The second kappa shape index (κ2) is 6.84. The Balaban J connectivity index is 1.73. The van der Waals surface area contributed by atoms with Crippen LogP contribution in [0.1, 0.15) is 26.8 Å². The average Bonchev–Trinajstić information content (AvgIpc) is 3.12. The molecule has 0 unspecified atom stereocenters. The molecule has 0 spiro atoms. The SMILES string of the molecule is Cc1csc(NC(=O)c2nc(C)sc2NCc2cccnc2)n1. The van der Waals surface area contributed by atoms with E-state index in [9.17, 15) is 4.79 Å². The number of amides is 1. The Bertz CT molecular complexity index is 812. The summed E-state index contributed by atoms with van der Waals surface area (Å²) in [5.74, 6) is -0.252. The van der Waals surface area contributed by atoms with Crippen LogP contribution in [0.15, 0.2) is 29.9 Å². The second-order valence-electron chi connectivity index (χ2n) is 4.87. The molecule has 3 aromatic rings. The smallest absolute Gasteiger partial charge is 0.279 e. The zero-order valence-electron chi connectivity index (χ0n) is 12.7. The van der Waals surface area contributed by atoms with Gasteiger partial charge in [-0.3, -0.25) is 15.1 Å². The second-order valence-corrected chi connectivity index (χ2v) is 6.93. The van der Waals surface area contributed by atoms with Crippen molar-refractivity contribution < 1.29 is 4.79 Å². The largest absolute Gasteiger partial charge is 0.371 e. The van der Waals surface area contributed by atoms with Crippen molar-refractivity contribution in [3.05, 3.63) is 51.9 Å². The van der Waals surface area contributed by atoms with Gasteiger partial charge in [0.1, 0.15) is 5.00 Å². The number of nitrogens with one attached hydrogen (secondary N) is 2. The number of nitrogens with zero attached hydrogens (tertiary/aromatic N) is 3. The van der Waals surface area contributed by atoms with Gasteiger partial charge in [-0.25, -0.2) is 9.97 Å². The van der Waals surface area contributed by atoms with Gasteiger partial charge in [-0.15, -0.1) is 22.7 Å². The Kier molecular flexibility index (Phi) is 4.63. The molecule has 0 aliphatic heterocycles. The lowest BCUT2D eigenvalue weighted by molar-refractivity contribution is 0.102. The van der Waals surface area contributed by atoms with E-state index in [1.807, 2.05) is 31.4 Å². The number of carbonyl (C=O) groups is 1. The summed E-state index contributed by atoms with van der Waals surface area (Å²) >= 11 is 2.86. The van der Waals surface area contributed by atoms with Crippen LogP contribution in [0.3, 0.4) is 0 Å². The van der Waals surface area contributed by atoms with E-state index in [1.165, 1.54) is 22.7 Å². The van der Waals surface area contributed by atoms with Crippen LogP contribution in [-0.2, 0) is 6.54 Å². The van der Waals surface area contributed by atoms with Crippen LogP contribution in [0, 0.1) is 13.8 Å². The van der Waals surface area contributed by atoms with Crippen LogP contribution in [0.4, 0.5) is 10.1 Å². The summed E-state index contributed by atoms with van der Waals surface area (Å²) in [5, 5.41) is 10.1. The number of thiazole rings is 2. The average molecular weight is 345 g/mol. The maximum atomic E-state index is 12.4. The van der Waals surface area contributed by atoms with E-state index in [0.29, 0.717) is 17.4 Å². The fraction of sp³-hybridized carbons (Fsp3) is 0.200. The first kappa shape index (κ1) is 15.6. The molecule has 0 aromatic carbocycles. The van der Waals surface area contributed by atoms with Gasteiger partial charge < -0.3 is 5.32 Å². The summed E-state index contributed by atoms with van der Waals surface area (Å²) in [4.78, 5) is 25.1. The van der Waals surface area contributed by atoms with E-state index in [1.54, 1.807) is 12.4 Å². The molecule has 2 N–H and O–H groups in total. The quantitative estimate of drug-likeness (QED) is 0.740. The molecule has 0 radical (unpaired) electrons. The molecule has 0 saturated heterocycles. The lowest BCUT2D eigenvalue weighted by Crippen LogP contribution is -2.14. The normalized spacial score (nSPS) is 10.5. The Morgan fingerprint density at radius 1 is 1.30 bits per heavy atom. The van der Waals surface area contributed by atoms with Crippen molar-refractivity contribution in [2.24, 2.45) is 0 Å². The van der Waals surface area contributed by atoms with E-state index in [4.69, 9.17) is 0 Å². The molecule has 0 aliphatic carbocycles. The number of aromatic nitrogens is 3. The molecular formula is C15H15N5OS2. The first-order valence-corrected chi connectivity index (χ1v) is 8.65. The summed E-state index contributed by atoms with van der Waals surface area (Å²) in [5.41, 5.74) is 2.32. The topological polar surface area (TPSA) is 79.8 Å². The molecule has 0 atom stereocenters. The minimum atomic E-state index is -0.252. The highest BCUT2D eigenvalue weighted by atomic mass is 32.1. The summed E-state index contributed by atoms with van der Waals surface area (Å²) in [6.07, 6.45) is 3.52. The van der Waals surface area contributed by atoms with Gasteiger partial charge in [-0.2, -0.15) is 0 Å². The number of aryl methyl sites for hydroxylation is 2. The van der Waals surface area contributed by atoms with Crippen molar-refractivity contribution in [1.82, 2.24) is 15.0 Å². The lowest BCUT2D eigenvalue weighted by Gasteiger charge is -2.06. The third-order valence-corrected chi connectivity index (χ3v) is 4.77. The van der Waals surface area contributed by atoms with Gasteiger partial charge in [-0.1, -0.05) is 6.07 Å². The van der Waals surface area contributed by atoms with Crippen molar-refractivity contribution >= 4 is 38.7 Å². The number of rotatable bonds is 5. The van der Waals surface area contributed by atoms with Crippen molar-refractivity contribution in [3.8, 4) is 0 Å². The Morgan fingerprint density at radius 2 is 2.17 bits per heavy atom. The number of carbonyl (C=O) groups excluding carboxylic acids is 1. The standard InChI is InChI=1S/C15H15N5OS2/c1-9-8-22-15(18-9)20-13(21)12-14(23-10(2)19-12)17-7-11-4-3-5-16-6-11/h3-6,8,17H,7H2,1-2H3,(H,18,20,21). The van der Waals surface area contributed by atoms with E-state index >= 15 is 0 Å². The number of anilines is 2. The lowest BCUT2D eigenvalue weighted by atomic mass is 10.3. The molecule has 6 nitrogen and oxygen atoms in total. The minimum absolute atomic E-state index is 0.252. The highest BCUT2D eigenvalue weighted by Gasteiger charge is 2.18. The Hall–Kier alpha value is -2.32. The van der Waals surface area contributed by atoms with Gasteiger partial charge in [0.15, 0.2) is 10.8 Å². The van der Waals surface area contributed by atoms with E-state index in [-0.39, 0.29) is 5.91 Å². The van der Waals surface area contributed by atoms with Crippen LogP contribution in [-0.4, -0.2) is 20.9 Å². The van der Waals surface area contributed by atoms with Crippen LogP contribution >= 0.6 is 22.7 Å². The van der Waals surface area contributed by atoms with Crippen molar-refractivity contribution in [2.75, 3.05) is 10.6 Å². The Labute approximate surface area is 141 Å². The van der Waals surface area contributed by atoms with Gasteiger partial charge in [-0.05, 0) is 25.5 Å². The van der Waals surface area contributed by atoms with Gasteiger partial charge in [0.05, 0.1) is 10.7 Å². The van der Waals surface area contributed by atoms with Gasteiger partial charge >= 0.3 is 0 Å². The molecule has 0 bridgehead atoms. The summed E-state index contributed by atoms with van der Waals surface area (Å²) < 4.78 is 0. The predicted octanol–water partition coefficient (Wildman–Crippen LogP) is 3.48. The molecule has 0 saturated carbocycles. The third kappa shape index (κ3) is 3.91. The third-order valence-electron chi connectivity index (χ3n) is 2.96. The number of pyridine rings is 1. The van der Waals surface area contributed by atoms with Crippen LogP contribution in [0.5, 0.6) is 0 Å². The zero-order valence-corrected chi connectivity index (χ0v) is 14.3. The fourth-order valence-corrected chi connectivity index (χ4v) is 3.45. The van der Waals surface area contributed by atoms with E-state index in [2.05, 4.69) is 25.6 Å². The molecule has 1 amide bonds. The van der Waals surface area contributed by atoms with Crippen LogP contribution in [0.25, 0.3) is 0 Å². The summed E-state index contributed by atoms with van der Waals surface area (Å²) in [6.45, 7) is 4.36. The molecule has 0 aliphatic rings. The first-order valence-electron chi connectivity index (χ1n) is 6.95. The molecule has 118 valence electrons. The first-order chi connectivity index (χ1) is 11.1.